The summed E-state index contributed by atoms with van der Waals surface area (Å²) in [6.45, 7) is 0.142. The molecule has 1 saturated heterocycles. The number of nitro groups is 1. The fourth-order valence-electron chi connectivity index (χ4n) is 4.38. The monoisotopic (exact) mass is 521 g/mol. The second-order valence-electron chi connectivity index (χ2n) is 8.86. The van der Waals surface area contributed by atoms with Crippen molar-refractivity contribution in [2.45, 2.75) is 56.7 Å². The summed E-state index contributed by atoms with van der Waals surface area (Å²) >= 11 is 0. The molecule has 0 unspecified atom stereocenters. The summed E-state index contributed by atoms with van der Waals surface area (Å²) in [6, 6.07) is -1.85. The maximum Gasteiger partial charge on any atom is 0.273 e. The molecule has 15 heteroatoms. The SMILES string of the molecule is NC(=O)CC[C@@H]1NC(=O)[C@@H]2CCCN2C(=O)c2cc([N+](=O)[O-])cc(F)c2NCCC[C@@H](C(N)=O)NC1=O. The van der Waals surface area contributed by atoms with E-state index in [4.69, 9.17) is 11.5 Å². The Morgan fingerprint density at radius 1 is 1.11 bits per heavy atom. The molecule has 1 aromatic carbocycles. The number of nitro benzene ring substituents is 1. The number of amides is 5. The number of hydrogen-bond acceptors (Lipinski definition) is 8. The standard InChI is InChI=1S/C22H28FN7O7/c23-13-10-11(30(36)37)9-12-18(13)26-7-1-3-14(19(25)32)27-20(33)15(5-6-17(24)31)28-21(34)16-4-2-8-29(16)22(12)35/h9-10,14-16,26H,1-8H2,(H2,24,31)(H2,25,32)(H,27,33)(H,28,34)/t14-,15-,16-/m0/s1. The first-order chi connectivity index (χ1) is 17.5. The van der Waals surface area contributed by atoms with Crippen LogP contribution in [0.2, 0.25) is 0 Å². The first-order valence-corrected chi connectivity index (χ1v) is 11.7. The van der Waals surface area contributed by atoms with E-state index in [-0.39, 0.29) is 56.4 Å². The smallest absolute Gasteiger partial charge is 0.273 e. The molecule has 7 N–H and O–H groups in total. The van der Waals surface area contributed by atoms with Gasteiger partial charge in [0.05, 0.1) is 22.2 Å². The number of nitrogens with two attached hydrogens (primary N) is 2. The van der Waals surface area contributed by atoms with Crippen molar-refractivity contribution in [2.75, 3.05) is 18.4 Å². The number of halogens is 1. The van der Waals surface area contributed by atoms with E-state index < -0.39 is 64.1 Å². The van der Waals surface area contributed by atoms with Crippen LogP contribution in [0.3, 0.4) is 0 Å². The van der Waals surface area contributed by atoms with Crippen molar-refractivity contribution in [3.8, 4) is 0 Å². The third kappa shape index (κ3) is 6.48. The third-order valence-electron chi connectivity index (χ3n) is 6.28. The summed E-state index contributed by atoms with van der Waals surface area (Å²) in [6.07, 6.45) is 0.422. The molecule has 3 atom stereocenters. The van der Waals surface area contributed by atoms with E-state index in [1.807, 2.05) is 0 Å². The molecule has 3 rings (SSSR count). The molecule has 5 amide bonds. The minimum atomic E-state index is -1.26. The Hall–Kier alpha value is -4.30. The number of carbonyl (C=O) groups excluding carboxylic acids is 5. The first-order valence-electron chi connectivity index (χ1n) is 11.7. The number of non-ortho nitro benzene ring substituents is 1. The average molecular weight is 522 g/mol. The highest BCUT2D eigenvalue weighted by atomic mass is 19.1. The van der Waals surface area contributed by atoms with Crippen LogP contribution in [0.15, 0.2) is 12.1 Å². The van der Waals surface area contributed by atoms with Crippen LogP contribution in [-0.2, 0) is 19.2 Å². The third-order valence-corrected chi connectivity index (χ3v) is 6.28. The molecule has 0 spiro atoms. The number of anilines is 1. The van der Waals surface area contributed by atoms with Crippen LogP contribution in [0.4, 0.5) is 15.8 Å². The van der Waals surface area contributed by atoms with Gasteiger partial charge in [0.1, 0.15) is 18.1 Å². The quantitative estimate of drug-likeness (QED) is 0.245. The highest BCUT2D eigenvalue weighted by molar-refractivity contribution is 6.03. The molecule has 0 bridgehead atoms. The summed E-state index contributed by atoms with van der Waals surface area (Å²) in [7, 11) is 0. The lowest BCUT2D eigenvalue weighted by Crippen LogP contribution is -2.56. The van der Waals surface area contributed by atoms with E-state index in [1.54, 1.807) is 0 Å². The summed E-state index contributed by atoms with van der Waals surface area (Å²) in [5.74, 6) is -4.88. The van der Waals surface area contributed by atoms with Gasteiger partial charge >= 0.3 is 0 Å². The van der Waals surface area contributed by atoms with Crippen LogP contribution in [0.5, 0.6) is 0 Å². The molecule has 2 aliphatic rings. The lowest BCUT2D eigenvalue weighted by Gasteiger charge is -2.27. The minimum absolute atomic E-state index is 0.0250. The van der Waals surface area contributed by atoms with Gasteiger partial charge < -0.3 is 32.3 Å². The molecule has 1 aromatic rings. The van der Waals surface area contributed by atoms with E-state index in [0.29, 0.717) is 12.5 Å². The van der Waals surface area contributed by atoms with E-state index in [2.05, 4.69) is 16.0 Å². The number of hydrogen-bond donors (Lipinski definition) is 5. The molecule has 0 aromatic heterocycles. The lowest BCUT2D eigenvalue weighted by atomic mass is 10.1. The summed E-state index contributed by atoms with van der Waals surface area (Å²) in [5, 5.41) is 19.0. The Morgan fingerprint density at radius 3 is 2.49 bits per heavy atom. The second-order valence-corrected chi connectivity index (χ2v) is 8.86. The van der Waals surface area contributed by atoms with Gasteiger partial charge in [0, 0.05) is 25.6 Å². The topological polar surface area (TPSA) is 220 Å². The van der Waals surface area contributed by atoms with Crippen LogP contribution in [0.25, 0.3) is 0 Å². The van der Waals surface area contributed by atoms with Crippen molar-refractivity contribution in [1.82, 2.24) is 15.5 Å². The van der Waals surface area contributed by atoms with E-state index in [9.17, 15) is 38.5 Å². The molecule has 2 heterocycles. The predicted octanol–water partition coefficient (Wildman–Crippen LogP) is -0.735. The zero-order valence-corrected chi connectivity index (χ0v) is 19.8. The molecular weight excluding hydrogens is 493 g/mol. The highest BCUT2D eigenvalue weighted by Crippen LogP contribution is 2.30. The minimum Gasteiger partial charge on any atom is -0.382 e. The van der Waals surface area contributed by atoms with Crippen LogP contribution < -0.4 is 27.4 Å². The van der Waals surface area contributed by atoms with Crippen molar-refractivity contribution in [1.29, 1.82) is 0 Å². The maximum absolute atomic E-state index is 14.9. The molecule has 37 heavy (non-hydrogen) atoms. The Kier molecular flexibility index (Phi) is 8.57. The van der Waals surface area contributed by atoms with Crippen molar-refractivity contribution in [3.05, 3.63) is 33.6 Å². The fourth-order valence-corrected chi connectivity index (χ4v) is 4.38. The summed E-state index contributed by atoms with van der Waals surface area (Å²) in [5.41, 5.74) is 9.35. The highest BCUT2D eigenvalue weighted by Gasteiger charge is 2.38. The molecule has 14 nitrogen and oxygen atoms in total. The Balaban J connectivity index is 2.02. The van der Waals surface area contributed by atoms with Gasteiger partial charge in [-0.1, -0.05) is 0 Å². The fraction of sp³-hybridized carbons (Fsp3) is 0.500. The van der Waals surface area contributed by atoms with Crippen LogP contribution >= 0.6 is 0 Å². The molecule has 1 fully saturated rings. The van der Waals surface area contributed by atoms with Gasteiger partial charge in [-0.05, 0) is 32.1 Å². The molecule has 0 radical (unpaired) electrons. The number of carbonyl (C=O) groups is 5. The number of rotatable bonds is 5. The van der Waals surface area contributed by atoms with Crippen molar-refractivity contribution in [3.63, 3.8) is 0 Å². The number of benzene rings is 1. The first kappa shape index (κ1) is 27.3. The Bertz CT molecular complexity index is 1130. The van der Waals surface area contributed by atoms with E-state index >= 15 is 0 Å². The van der Waals surface area contributed by atoms with Crippen LogP contribution in [0.1, 0.15) is 48.9 Å². The maximum atomic E-state index is 14.9. The Morgan fingerprint density at radius 2 is 1.84 bits per heavy atom. The Labute approximate surface area is 210 Å². The van der Waals surface area contributed by atoms with Crippen molar-refractivity contribution < 1.29 is 33.3 Å². The average Bonchev–Trinajstić information content (AvgIpc) is 3.32. The van der Waals surface area contributed by atoms with Gasteiger partial charge in [-0.2, -0.15) is 0 Å². The molecule has 0 saturated carbocycles. The number of nitrogens with zero attached hydrogens (tertiary/aromatic N) is 2. The normalized spacial score (nSPS) is 22.9. The second kappa shape index (κ2) is 11.6. The van der Waals surface area contributed by atoms with Gasteiger partial charge in [0.2, 0.25) is 23.6 Å². The zero-order chi connectivity index (χ0) is 27.3. The van der Waals surface area contributed by atoms with Gasteiger partial charge in [0.25, 0.3) is 11.6 Å². The molecule has 2 aliphatic heterocycles. The molecule has 0 aliphatic carbocycles. The number of fused-ring (bicyclic) bond motifs is 2. The molecular formula is C22H28FN7O7. The zero-order valence-electron chi connectivity index (χ0n) is 19.8. The predicted molar refractivity (Wildman–Crippen MR) is 126 cm³/mol. The van der Waals surface area contributed by atoms with Crippen molar-refractivity contribution in [2.24, 2.45) is 11.5 Å². The van der Waals surface area contributed by atoms with E-state index in [1.165, 1.54) is 0 Å². The number of primary amides is 2. The van der Waals surface area contributed by atoms with Crippen molar-refractivity contribution >= 4 is 40.9 Å². The van der Waals surface area contributed by atoms with Gasteiger partial charge in [-0.15, -0.1) is 0 Å². The van der Waals surface area contributed by atoms with E-state index in [0.717, 1.165) is 11.0 Å². The molecule has 200 valence electrons. The summed E-state index contributed by atoms with van der Waals surface area (Å²) in [4.78, 5) is 74.4. The number of nitrogens with one attached hydrogen (secondary N) is 3. The van der Waals surface area contributed by atoms with Gasteiger partial charge in [-0.3, -0.25) is 34.1 Å². The summed E-state index contributed by atoms with van der Waals surface area (Å²) < 4.78 is 14.9. The lowest BCUT2D eigenvalue weighted by molar-refractivity contribution is -0.385. The van der Waals surface area contributed by atoms with Gasteiger partial charge in [0.15, 0.2) is 5.82 Å². The van der Waals surface area contributed by atoms with Crippen LogP contribution in [-0.4, -0.2) is 70.6 Å². The van der Waals surface area contributed by atoms with Crippen LogP contribution in [0, 0.1) is 15.9 Å². The largest absolute Gasteiger partial charge is 0.382 e. The van der Waals surface area contributed by atoms with Gasteiger partial charge in [-0.25, -0.2) is 4.39 Å².